The molecule has 0 heterocycles. The van der Waals surface area contributed by atoms with Crippen LogP contribution >= 0.6 is 12.6 Å². The van der Waals surface area contributed by atoms with Gasteiger partial charge in [0.1, 0.15) is 12.6 Å². The van der Waals surface area contributed by atoms with E-state index in [1.54, 1.807) is 0 Å². The summed E-state index contributed by atoms with van der Waals surface area (Å²) < 4.78 is 0. The second-order valence-electron chi connectivity index (χ2n) is 3.14. The maximum Gasteiger partial charge on any atom is 0.322 e. The Bertz CT molecular complexity index is 299. The van der Waals surface area contributed by atoms with E-state index in [0.29, 0.717) is 0 Å². The molecule has 0 fully saturated rings. The molecule has 0 aromatic heterocycles. The van der Waals surface area contributed by atoms with Crippen molar-refractivity contribution in [3.05, 3.63) is 0 Å². The summed E-state index contributed by atoms with van der Waals surface area (Å²) >= 11 is 3.80. The molecule has 0 aromatic rings. The number of nitrogens with one attached hydrogen (secondary N) is 2. The van der Waals surface area contributed by atoms with E-state index in [1.807, 2.05) is 5.32 Å². The highest BCUT2D eigenvalue weighted by Crippen LogP contribution is 1.88. The Kier molecular flexibility index (Phi) is 7.26. The number of aliphatic carboxylic acids is 1. The molecule has 0 saturated carbocycles. The van der Waals surface area contributed by atoms with Crippen molar-refractivity contribution in [1.29, 1.82) is 0 Å². The minimum Gasteiger partial charge on any atom is -0.480 e. The molecular formula is C8H15N3O5S. The van der Waals surface area contributed by atoms with Crippen LogP contribution in [0.25, 0.3) is 0 Å². The number of nitrogens with two attached hydrogens (primary N) is 1. The molecule has 8 nitrogen and oxygen atoms in total. The van der Waals surface area contributed by atoms with Crippen molar-refractivity contribution in [3.63, 3.8) is 0 Å². The number of hydrogen-bond donors (Lipinski definition) is 6. The fourth-order valence-electron chi connectivity index (χ4n) is 0.842. The summed E-state index contributed by atoms with van der Waals surface area (Å²) in [5.74, 6) is -2.59. The first-order valence-electron chi connectivity index (χ1n) is 4.69. The quantitative estimate of drug-likeness (QED) is 0.270. The Labute approximate surface area is 103 Å². The number of aliphatic hydroxyl groups excluding tert-OH is 1. The number of thiol groups is 1. The lowest BCUT2D eigenvalue weighted by Crippen LogP contribution is -2.54. The van der Waals surface area contributed by atoms with Gasteiger partial charge in [0.05, 0.1) is 12.6 Å². The standard InChI is InChI=1S/C8H15N3O5S/c9-4(3-17)7(15)11-5(2-12)8(16)10-1-6(13)14/h4-5,12,17H,1-3,9H2,(H,10,16)(H,11,15)(H,13,14)/t4-,5-/m0/s1. The van der Waals surface area contributed by atoms with Crippen LogP contribution in [-0.2, 0) is 14.4 Å². The van der Waals surface area contributed by atoms with Crippen LogP contribution in [0.3, 0.4) is 0 Å². The molecule has 9 heteroatoms. The Hall–Kier alpha value is -1.32. The Morgan fingerprint density at radius 2 is 1.88 bits per heavy atom. The average molecular weight is 265 g/mol. The SMILES string of the molecule is N[C@@H](CS)C(=O)N[C@@H](CO)C(=O)NCC(=O)O. The Morgan fingerprint density at radius 1 is 1.29 bits per heavy atom. The molecule has 98 valence electrons. The number of rotatable bonds is 7. The summed E-state index contributed by atoms with van der Waals surface area (Å²) in [6.07, 6.45) is 0. The number of aliphatic hydroxyl groups is 1. The molecule has 0 radical (unpaired) electrons. The van der Waals surface area contributed by atoms with E-state index in [9.17, 15) is 14.4 Å². The van der Waals surface area contributed by atoms with E-state index in [4.69, 9.17) is 15.9 Å². The van der Waals surface area contributed by atoms with Gasteiger partial charge in [0.2, 0.25) is 11.8 Å². The minimum absolute atomic E-state index is 0.0841. The third-order valence-electron chi connectivity index (χ3n) is 1.76. The van der Waals surface area contributed by atoms with Crippen molar-refractivity contribution in [2.75, 3.05) is 18.9 Å². The van der Waals surface area contributed by atoms with E-state index in [-0.39, 0.29) is 5.75 Å². The zero-order valence-corrected chi connectivity index (χ0v) is 9.81. The highest BCUT2D eigenvalue weighted by Gasteiger charge is 2.22. The summed E-state index contributed by atoms with van der Waals surface area (Å²) in [6, 6.07) is -2.13. The molecular weight excluding hydrogens is 250 g/mol. The average Bonchev–Trinajstić information content (AvgIpc) is 2.31. The van der Waals surface area contributed by atoms with Crippen LogP contribution in [0.2, 0.25) is 0 Å². The molecule has 0 aromatic carbocycles. The molecule has 0 unspecified atom stereocenters. The van der Waals surface area contributed by atoms with Gasteiger partial charge >= 0.3 is 5.97 Å². The van der Waals surface area contributed by atoms with Gasteiger partial charge in [-0.1, -0.05) is 0 Å². The molecule has 0 aliphatic rings. The summed E-state index contributed by atoms with van der Waals surface area (Å²) in [6.45, 7) is -1.25. The molecule has 17 heavy (non-hydrogen) atoms. The van der Waals surface area contributed by atoms with Gasteiger partial charge in [-0.3, -0.25) is 14.4 Å². The monoisotopic (exact) mass is 265 g/mol. The van der Waals surface area contributed by atoms with Gasteiger partial charge in [-0.15, -0.1) is 0 Å². The molecule has 0 spiro atoms. The lowest BCUT2D eigenvalue weighted by molar-refractivity contribution is -0.138. The van der Waals surface area contributed by atoms with E-state index >= 15 is 0 Å². The molecule has 2 amide bonds. The van der Waals surface area contributed by atoms with E-state index in [1.165, 1.54) is 0 Å². The molecule has 0 rings (SSSR count). The molecule has 0 saturated heterocycles. The van der Waals surface area contributed by atoms with Crippen molar-refractivity contribution in [2.24, 2.45) is 5.73 Å². The van der Waals surface area contributed by atoms with Gasteiger partial charge < -0.3 is 26.6 Å². The predicted octanol–water partition coefficient (Wildman–Crippen LogP) is -3.08. The molecule has 0 bridgehead atoms. The Morgan fingerprint density at radius 3 is 2.29 bits per heavy atom. The maximum atomic E-state index is 11.3. The van der Waals surface area contributed by atoms with Crippen LogP contribution < -0.4 is 16.4 Å². The largest absolute Gasteiger partial charge is 0.480 e. The van der Waals surface area contributed by atoms with Crippen molar-refractivity contribution in [3.8, 4) is 0 Å². The zero-order chi connectivity index (χ0) is 13.4. The van der Waals surface area contributed by atoms with E-state index < -0.39 is 43.0 Å². The minimum atomic E-state index is -1.23. The molecule has 2 atom stereocenters. The summed E-state index contributed by atoms with van der Waals surface area (Å²) in [5.41, 5.74) is 5.35. The van der Waals surface area contributed by atoms with Crippen LogP contribution in [0.15, 0.2) is 0 Å². The fourth-order valence-corrected chi connectivity index (χ4v) is 1.01. The van der Waals surface area contributed by atoms with E-state index in [0.717, 1.165) is 0 Å². The number of carbonyl (C=O) groups is 3. The van der Waals surface area contributed by atoms with Gasteiger partial charge in [0, 0.05) is 5.75 Å². The molecule has 0 aliphatic heterocycles. The van der Waals surface area contributed by atoms with Gasteiger partial charge in [0.15, 0.2) is 0 Å². The first-order valence-corrected chi connectivity index (χ1v) is 5.32. The third-order valence-corrected chi connectivity index (χ3v) is 2.16. The fraction of sp³-hybridized carbons (Fsp3) is 0.625. The van der Waals surface area contributed by atoms with E-state index in [2.05, 4.69) is 17.9 Å². The van der Waals surface area contributed by atoms with Crippen LogP contribution in [0.5, 0.6) is 0 Å². The summed E-state index contributed by atoms with van der Waals surface area (Å²) in [4.78, 5) is 32.8. The van der Waals surface area contributed by atoms with Crippen LogP contribution in [0.1, 0.15) is 0 Å². The summed E-state index contributed by atoms with van der Waals surface area (Å²) in [7, 11) is 0. The highest BCUT2D eigenvalue weighted by atomic mass is 32.1. The summed E-state index contributed by atoms with van der Waals surface area (Å²) in [5, 5.41) is 21.4. The number of carbonyl (C=O) groups excluding carboxylic acids is 2. The smallest absolute Gasteiger partial charge is 0.322 e. The lowest BCUT2D eigenvalue weighted by Gasteiger charge is -2.17. The maximum absolute atomic E-state index is 11.3. The Balaban J connectivity index is 4.27. The highest BCUT2D eigenvalue weighted by molar-refractivity contribution is 7.80. The van der Waals surface area contributed by atoms with Crippen LogP contribution in [-0.4, -0.2) is 59.0 Å². The van der Waals surface area contributed by atoms with Gasteiger partial charge in [-0.2, -0.15) is 12.6 Å². The lowest BCUT2D eigenvalue weighted by atomic mass is 10.2. The number of carboxylic acid groups (broad SMARTS) is 1. The predicted molar refractivity (Wildman–Crippen MR) is 61.5 cm³/mol. The number of carboxylic acids is 1. The van der Waals surface area contributed by atoms with Crippen molar-refractivity contribution < 1.29 is 24.6 Å². The zero-order valence-electron chi connectivity index (χ0n) is 8.92. The van der Waals surface area contributed by atoms with Crippen LogP contribution in [0.4, 0.5) is 0 Å². The van der Waals surface area contributed by atoms with Crippen LogP contribution in [0, 0.1) is 0 Å². The number of amides is 2. The van der Waals surface area contributed by atoms with Gasteiger partial charge in [-0.25, -0.2) is 0 Å². The third kappa shape index (κ3) is 6.09. The normalized spacial score (nSPS) is 13.6. The second kappa shape index (κ2) is 7.87. The van der Waals surface area contributed by atoms with Gasteiger partial charge in [-0.05, 0) is 0 Å². The van der Waals surface area contributed by atoms with Crippen molar-refractivity contribution in [2.45, 2.75) is 12.1 Å². The second-order valence-corrected chi connectivity index (χ2v) is 3.51. The molecule has 6 N–H and O–H groups in total. The molecule has 0 aliphatic carbocycles. The number of hydrogen-bond acceptors (Lipinski definition) is 6. The first kappa shape index (κ1) is 15.7. The van der Waals surface area contributed by atoms with Crippen molar-refractivity contribution >= 4 is 30.4 Å². The van der Waals surface area contributed by atoms with Gasteiger partial charge in [0.25, 0.3) is 0 Å². The van der Waals surface area contributed by atoms with Crippen molar-refractivity contribution in [1.82, 2.24) is 10.6 Å². The topological polar surface area (TPSA) is 142 Å². The first-order chi connectivity index (χ1) is 7.92.